The highest BCUT2D eigenvalue weighted by Gasteiger charge is 2.45. The van der Waals surface area contributed by atoms with Gasteiger partial charge in [-0.25, -0.2) is 0 Å². The third-order valence-electron chi connectivity index (χ3n) is 5.38. The van der Waals surface area contributed by atoms with Gasteiger partial charge in [-0.05, 0) is 38.0 Å². The molecule has 18 heavy (non-hydrogen) atoms. The van der Waals surface area contributed by atoms with Crippen LogP contribution in [-0.4, -0.2) is 41.4 Å². The van der Waals surface area contributed by atoms with Crippen molar-refractivity contribution in [2.24, 2.45) is 11.8 Å². The van der Waals surface area contributed by atoms with Gasteiger partial charge in [0.1, 0.15) is 0 Å². The van der Waals surface area contributed by atoms with Crippen molar-refractivity contribution in [3.63, 3.8) is 0 Å². The first kappa shape index (κ1) is 10.9. The Morgan fingerprint density at radius 3 is 3.11 bits per heavy atom. The molecule has 1 amide bonds. The number of hydrogen-bond donors (Lipinski definition) is 0. The minimum absolute atomic E-state index is 0.422. The van der Waals surface area contributed by atoms with Gasteiger partial charge >= 0.3 is 0 Å². The third-order valence-corrected chi connectivity index (χ3v) is 5.38. The molecule has 3 heteroatoms. The minimum Gasteiger partial charge on any atom is -0.374 e. The molecule has 0 aromatic heterocycles. The van der Waals surface area contributed by atoms with Crippen LogP contribution in [0, 0.1) is 11.8 Å². The first-order chi connectivity index (χ1) is 8.83. The third kappa shape index (κ3) is 1.52. The van der Waals surface area contributed by atoms with Crippen molar-refractivity contribution < 1.29 is 4.79 Å². The number of carbonyl (C=O) groups excluding carboxylic acids is 1. The summed E-state index contributed by atoms with van der Waals surface area (Å²) in [5.41, 5.74) is 1.56. The topological polar surface area (TPSA) is 23.6 Å². The molecule has 3 saturated heterocycles. The van der Waals surface area contributed by atoms with Crippen LogP contribution in [0.3, 0.4) is 0 Å². The summed E-state index contributed by atoms with van der Waals surface area (Å²) in [6.45, 7) is 3.46. The molecule has 4 aliphatic heterocycles. The molecule has 0 radical (unpaired) electrons. The van der Waals surface area contributed by atoms with E-state index in [-0.39, 0.29) is 0 Å². The second-order valence-electron chi connectivity index (χ2n) is 6.42. The zero-order valence-corrected chi connectivity index (χ0v) is 11.0. The predicted molar refractivity (Wildman–Crippen MR) is 69.8 cm³/mol. The van der Waals surface area contributed by atoms with Gasteiger partial charge in [0.15, 0.2) is 0 Å². The highest BCUT2D eigenvalue weighted by atomic mass is 16.2. The van der Waals surface area contributed by atoms with E-state index in [4.69, 9.17) is 0 Å². The molecule has 3 atom stereocenters. The number of hydrogen-bond acceptors (Lipinski definition) is 2. The highest BCUT2D eigenvalue weighted by Crippen LogP contribution is 2.43. The monoisotopic (exact) mass is 246 g/mol. The van der Waals surface area contributed by atoms with Crippen molar-refractivity contribution >= 4 is 5.91 Å². The summed E-state index contributed by atoms with van der Waals surface area (Å²) in [6, 6.07) is 0.561. The molecule has 0 N–H and O–H groups in total. The molecule has 0 aromatic carbocycles. The van der Waals surface area contributed by atoms with Gasteiger partial charge in [-0.15, -0.1) is 0 Å². The van der Waals surface area contributed by atoms with Gasteiger partial charge in [0.05, 0.1) is 0 Å². The average molecular weight is 246 g/mol. The fourth-order valence-electron chi connectivity index (χ4n) is 4.61. The summed E-state index contributed by atoms with van der Waals surface area (Å²) >= 11 is 0. The second-order valence-corrected chi connectivity index (χ2v) is 6.42. The maximum atomic E-state index is 12.1. The highest BCUT2D eigenvalue weighted by molar-refractivity contribution is 5.77. The van der Waals surface area contributed by atoms with Crippen LogP contribution in [0.1, 0.15) is 38.5 Å². The molecule has 0 aliphatic carbocycles. The SMILES string of the molecule is O=C1CCCC2C3CC(CN12)C1=CCCCN1C3. The Hall–Kier alpha value is -0.990. The van der Waals surface area contributed by atoms with E-state index in [9.17, 15) is 4.79 Å². The molecule has 98 valence electrons. The molecule has 0 spiro atoms. The van der Waals surface area contributed by atoms with Crippen LogP contribution in [0.25, 0.3) is 0 Å². The van der Waals surface area contributed by atoms with E-state index in [0.29, 0.717) is 17.9 Å². The number of nitrogens with zero attached hydrogens (tertiary/aromatic N) is 2. The summed E-state index contributed by atoms with van der Waals surface area (Å²) < 4.78 is 0. The van der Waals surface area contributed by atoms with Gasteiger partial charge in [0.25, 0.3) is 0 Å². The Bertz CT molecular complexity index is 403. The fraction of sp³-hybridized carbons (Fsp3) is 0.800. The number of fused-ring (bicyclic) bond motifs is 6. The molecule has 3 nitrogen and oxygen atoms in total. The first-order valence-corrected chi connectivity index (χ1v) is 7.57. The van der Waals surface area contributed by atoms with Gasteiger partial charge in [0, 0.05) is 43.7 Å². The van der Waals surface area contributed by atoms with E-state index in [1.807, 2.05) is 0 Å². The Morgan fingerprint density at radius 1 is 1.22 bits per heavy atom. The summed E-state index contributed by atoms with van der Waals surface area (Å²) in [5.74, 6) is 1.80. The van der Waals surface area contributed by atoms with E-state index >= 15 is 0 Å². The van der Waals surface area contributed by atoms with Crippen LogP contribution in [0.15, 0.2) is 11.8 Å². The largest absolute Gasteiger partial charge is 0.374 e. The molecule has 0 aromatic rings. The summed E-state index contributed by atoms with van der Waals surface area (Å²) in [7, 11) is 0. The lowest BCUT2D eigenvalue weighted by Gasteiger charge is -2.54. The zero-order chi connectivity index (χ0) is 12.1. The van der Waals surface area contributed by atoms with E-state index in [1.165, 1.54) is 38.8 Å². The Kier molecular flexibility index (Phi) is 2.42. The summed E-state index contributed by atoms with van der Waals surface area (Å²) in [5, 5.41) is 0. The molecular formula is C15H22N2O. The fourth-order valence-corrected chi connectivity index (χ4v) is 4.61. The molecule has 4 heterocycles. The van der Waals surface area contributed by atoms with Crippen LogP contribution < -0.4 is 0 Å². The van der Waals surface area contributed by atoms with E-state index in [1.54, 1.807) is 5.70 Å². The zero-order valence-electron chi connectivity index (χ0n) is 11.0. The Morgan fingerprint density at radius 2 is 2.17 bits per heavy atom. The van der Waals surface area contributed by atoms with Crippen LogP contribution >= 0.6 is 0 Å². The number of allylic oxidation sites excluding steroid dienone is 1. The van der Waals surface area contributed by atoms with Gasteiger partial charge in [0.2, 0.25) is 5.91 Å². The molecule has 4 rings (SSSR count). The number of rotatable bonds is 0. The minimum atomic E-state index is 0.422. The van der Waals surface area contributed by atoms with Crippen molar-refractivity contribution in [2.75, 3.05) is 19.6 Å². The second kappa shape index (κ2) is 4.01. The molecular weight excluding hydrogens is 224 g/mol. The van der Waals surface area contributed by atoms with Crippen LogP contribution in [0.4, 0.5) is 0 Å². The van der Waals surface area contributed by atoms with Gasteiger partial charge < -0.3 is 9.80 Å². The number of amides is 1. The lowest BCUT2D eigenvalue weighted by Crippen LogP contribution is -2.60. The number of piperidine rings is 3. The van der Waals surface area contributed by atoms with E-state index in [2.05, 4.69) is 15.9 Å². The van der Waals surface area contributed by atoms with Crippen molar-refractivity contribution in [3.05, 3.63) is 11.8 Å². The van der Waals surface area contributed by atoms with Crippen LogP contribution in [-0.2, 0) is 4.79 Å². The lowest BCUT2D eigenvalue weighted by atomic mass is 9.74. The van der Waals surface area contributed by atoms with Crippen molar-refractivity contribution in [2.45, 2.75) is 44.6 Å². The van der Waals surface area contributed by atoms with Crippen LogP contribution in [0.5, 0.6) is 0 Å². The van der Waals surface area contributed by atoms with Gasteiger partial charge in [-0.1, -0.05) is 6.08 Å². The van der Waals surface area contributed by atoms with Gasteiger partial charge in [-0.3, -0.25) is 4.79 Å². The molecule has 2 bridgehead atoms. The smallest absolute Gasteiger partial charge is 0.222 e. The van der Waals surface area contributed by atoms with Crippen molar-refractivity contribution in [1.82, 2.24) is 9.80 Å². The molecule has 4 aliphatic rings. The van der Waals surface area contributed by atoms with E-state index < -0.39 is 0 Å². The van der Waals surface area contributed by atoms with Crippen LogP contribution in [0.2, 0.25) is 0 Å². The normalized spacial score (nSPS) is 39.0. The molecule has 3 fully saturated rings. The average Bonchev–Trinajstić information content (AvgIpc) is 2.40. The first-order valence-electron chi connectivity index (χ1n) is 7.57. The number of carbonyl (C=O) groups is 1. The predicted octanol–water partition coefficient (Wildman–Crippen LogP) is 2.00. The quantitative estimate of drug-likeness (QED) is 0.652. The van der Waals surface area contributed by atoms with E-state index in [0.717, 1.165) is 25.3 Å². The molecule has 3 unspecified atom stereocenters. The maximum absolute atomic E-state index is 12.1. The van der Waals surface area contributed by atoms with Crippen molar-refractivity contribution in [1.29, 1.82) is 0 Å². The lowest BCUT2D eigenvalue weighted by molar-refractivity contribution is -0.143. The van der Waals surface area contributed by atoms with Crippen molar-refractivity contribution in [3.8, 4) is 0 Å². The Labute approximate surface area is 109 Å². The maximum Gasteiger partial charge on any atom is 0.222 e. The van der Waals surface area contributed by atoms with Gasteiger partial charge in [-0.2, -0.15) is 0 Å². The summed E-state index contributed by atoms with van der Waals surface area (Å²) in [6.07, 6.45) is 9.48. The standard InChI is InChI=1S/C15H22N2O/c18-15-6-3-5-14-11-8-12(10-17(14)15)13-4-1-2-7-16(13)9-11/h4,11-12,14H,1-3,5-10H2. The Balaban J connectivity index is 1.65. The molecule has 0 saturated carbocycles. The summed E-state index contributed by atoms with van der Waals surface area (Å²) in [4.78, 5) is 17.0.